The topological polar surface area (TPSA) is 73.9 Å². The molecule has 0 spiro atoms. The lowest BCUT2D eigenvalue weighted by Gasteiger charge is -2.24. The van der Waals surface area contributed by atoms with Crippen molar-refractivity contribution in [3.63, 3.8) is 0 Å². The predicted octanol–water partition coefficient (Wildman–Crippen LogP) is 2.94. The molecular weight excluding hydrogens is 346 g/mol. The molecule has 1 N–H and O–H groups in total. The maximum absolute atomic E-state index is 11.9. The summed E-state index contributed by atoms with van der Waals surface area (Å²) in [5.74, 6) is 0.0567. The molecule has 3 rings (SSSR count). The molecule has 1 fully saturated rings. The van der Waals surface area contributed by atoms with Gasteiger partial charge in [-0.2, -0.15) is 0 Å². The highest BCUT2D eigenvalue weighted by Crippen LogP contribution is 2.20. The summed E-state index contributed by atoms with van der Waals surface area (Å²) >= 11 is 0. The number of carbonyl (C=O) groups excluding carboxylic acids is 2. The van der Waals surface area contributed by atoms with Crippen LogP contribution in [0.25, 0.3) is 0 Å². The van der Waals surface area contributed by atoms with Crippen LogP contribution in [-0.4, -0.2) is 44.8 Å². The SMILES string of the molecule is CCOC(=O)C1=C(N[C@@H](C)c2ccccc2)CCOC1.O=C1CCOCC1. The van der Waals surface area contributed by atoms with Gasteiger partial charge in [0.25, 0.3) is 0 Å². The second-order valence-corrected chi connectivity index (χ2v) is 6.41. The van der Waals surface area contributed by atoms with Crippen molar-refractivity contribution in [2.75, 3.05) is 33.0 Å². The van der Waals surface area contributed by atoms with E-state index in [2.05, 4.69) is 24.4 Å². The van der Waals surface area contributed by atoms with Crippen LogP contribution in [0.5, 0.6) is 0 Å². The van der Waals surface area contributed by atoms with E-state index in [1.807, 2.05) is 25.1 Å². The van der Waals surface area contributed by atoms with E-state index in [1.165, 1.54) is 5.56 Å². The van der Waals surface area contributed by atoms with Crippen LogP contribution in [0.3, 0.4) is 0 Å². The van der Waals surface area contributed by atoms with E-state index in [0.29, 0.717) is 63.7 Å². The summed E-state index contributed by atoms with van der Waals surface area (Å²) in [6, 6.07) is 10.3. The number of ketones is 1. The fourth-order valence-corrected chi connectivity index (χ4v) is 2.83. The minimum Gasteiger partial charge on any atom is -0.463 e. The highest BCUT2D eigenvalue weighted by atomic mass is 16.5. The predicted molar refractivity (Wildman–Crippen MR) is 102 cm³/mol. The van der Waals surface area contributed by atoms with Gasteiger partial charge in [-0.3, -0.25) is 4.79 Å². The van der Waals surface area contributed by atoms with Crippen molar-refractivity contribution in [2.45, 2.75) is 39.2 Å². The summed E-state index contributed by atoms with van der Waals surface area (Å²) in [5, 5.41) is 3.42. The van der Waals surface area contributed by atoms with Crippen molar-refractivity contribution < 1.29 is 23.8 Å². The first-order valence-corrected chi connectivity index (χ1v) is 9.49. The molecule has 2 aliphatic rings. The van der Waals surface area contributed by atoms with Crippen LogP contribution >= 0.6 is 0 Å². The molecule has 0 unspecified atom stereocenters. The molecule has 0 saturated carbocycles. The summed E-state index contributed by atoms with van der Waals surface area (Å²) in [6.07, 6.45) is 1.96. The van der Waals surface area contributed by atoms with Gasteiger partial charge in [0.15, 0.2) is 0 Å². The zero-order chi connectivity index (χ0) is 19.5. The third kappa shape index (κ3) is 7.15. The van der Waals surface area contributed by atoms with E-state index in [0.717, 1.165) is 5.70 Å². The monoisotopic (exact) mass is 375 g/mol. The Labute approximate surface area is 160 Å². The number of benzene rings is 1. The smallest absolute Gasteiger partial charge is 0.338 e. The Balaban J connectivity index is 0.000000313. The molecule has 1 atom stereocenters. The Kier molecular flexibility index (Phi) is 9.01. The van der Waals surface area contributed by atoms with Crippen LogP contribution in [0, 0.1) is 0 Å². The molecule has 0 bridgehead atoms. The molecule has 1 aromatic rings. The first kappa shape index (κ1) is 21.1. The number of rotatable bonds is 5. The molecule has 6 nitrogen and oxygen atoms in total. The van der Waals surface area contributed by atoms with Gasteiger partial charge in [-0.1, -0.05) is 30.3 Å². The van der Waals surface area contributed by atoms with Gasteiger partial charge in [0.05, 0.1) is 38.6 Å². The van der Waals surface area contributed by atoms with Gasteiger partial charge in [-0.15, -0.1) is 0 Å². The number of esters is 1. The molecule has 6 heteroatoms. The normalized spacial score (nSPS) is 18.2. The van der Waals surface area contributed by atoms with Crippen molar-refractivity contribution >= 4 is 11.8 Å². The number of carbonyl (C=O) groups is 2. The molecule has 1 aromatic carbocycles. The molecule has 0 amide bonds. The van der Waals surface area contributed by atoms with Gasteiger partial charge in [0, 0.05) is 31.0 Å². The third-order valence-electron chi connectivity index (χ3n) is 4.37. The highest BCUT2D eigenvalue weighted by molar-refractivity contribution is 5.89. The van der Waals surface area contributed by atoms with Crippen molar-refractivity contribution in [2.24, 2.45) is 0 Å². The molecule has 0 radical (unpaired) electrons. The average molecular weight is 375 g/mol. The van der Waals surface area contributed by atoms with Gasteiger partial charge in [0.1, 0.15) is 5.78 Å². The first-order valence-electron chi connectivity index (χ1n) is 9.49. The van der Waals surface area contributed by atoms with Crippen molar-refractivity contribution in [3.05, 3.63) is 47.2 Å². The number of hydrogen-bond acceptors (Lipinski definition) is 6. The Morgan fingerprint density at radius 3 is 2.37 bits per heavy atom. The summed E-state index contributed by atoms with van der Waals surface area (Å²) in [4.78, 5) is 22.3. The quantitative estimate of drug-likeness (QED) is 0.798. The van der Waals surface area contributed by atoms with E-state index in [-0.39, 0.29) is 12.0 Å². The Bertz CT molecular complexity index is 633. The van der Waals surface area contributed by atoms with Gasteiger partial charge >= 0.3 is 5.97 Å². The maximum Gasteiger partial charge on any atom is 0.338 e. The lowest BCUT2D eigenvalue weighted by atomic mass is 10.1. The first-order chi connectivity index (χ1) is 13.1. The van der Waals surface area contributed by atoms with Crippen LogP contribution < -0.4 is 5.32 Å². The largest absolute Gasteiger partial charge is 0.463 e. The zero-order valence-electron chi connectivity index (χ0n) is 16.2. The summed E-state index contributed by atoms with van der Waals surface area (Å²) in [5.41, 5.74) is 2.74. The lowest BCUT2D eigenvalue weighted by Crippen LogP contribution is -2.28. The highest BCUT2D eigenvalue weighted by Gasteiger charge is 2.22. The average Bonchev–Trinajstić information content (AvgIpc) is 2.70. The molecule has 2 heterocycles. The maximum atomic E-state index is 11.9. The van der Waals surface area contributed by atoms with E-state index < -0.39 is 0 Å². The number of ether oxygens (including phenoxy) is 3. The minimum absolute atomic E-state index is 0.147. The molecule has 1 saturated heterocycles. The molecular formula is C21H29NO5. The molecule has 27 heavy (non-hydrogen) atoms. The van der Waals surface area contributed by atoms with Crippen molar-refractivity contribution in [1.82, 2.24) is 5.32 Å². The number of nitrogens with one attached hydrogen (secondary N) is 1. The summed E-state index contributed by atoms with van der Waals surface area (Å²) in [7, 11) is 0. The van der Waals surface area contributed by atoms with Gasteiger partial charge in [-0.05, 0) is 19.4 Å². The standard InChI is InChI=1S/C16H21NO3.C5H8O2/c1-3-20-16(18)14-11-19-10-9-15(14)17-12(2)13-7-5-4-6-8-13;6-5-1-3-7-4-2-5/h4-8,12,17H,3,9-11H2,1-2H3;1-4H2/t12-;/m0./s1. The molecule has 0 aliphatic carbocycles. The minimum atomic E-state index is -0.282. The zero-order valence-corrected chi connectivity index (χ0v) is 16.2. The second kappa shape index (κ2) is 11.5. The lowest BCUT2D eigenvalue weighted by molar-refractivity contribution is -0.139. The van der Waals surface area contributed by atoms with E-state index in [9.17, 15) is 9.59 Å². The second-order valence-electron chi connectivity index (χ2n) is 6.41. The van der Waals surface area contributed by atoms with E-state index in [1.54, 1.807) is 0 Å². The Morgan fingerprint density at radius 2 is 1.78 bits per heavy atom. The van der Waals surface area contributed by atoms with Crippen LogP contribution in [0.1, 0.15) is 44.7 Å². The molecule has 2 aliphatic heterocycles. The Hall–Kier alpha value is -2.18. The van der Waals surface area contributed by atoms with Gasteiger partial charge in [-0.25, -0.2) is 4.79 Å². The van der Waals surface area contributed by atoms with Crippen LogP contribution in [0.15, 0.2) is 41.6 Å². The fraction of sp³-hybridized carbons (Fsp3) is 0.524. The van der Waals surface area contributed by atoms with Gasteiger partial charge in [0.2, 0.25) is 0 Å². The van der Waals surface area contributed by atoms with E-state index in [4.69, 9.17) is 14.2 Å². The summed E-state index contributed by atoms with van der Waals surface area (Å²) < 4.78 is 15.4. The van der Waals surface area contributed by atoms with Crippen LogP contribution in [0.2, 0.25) is 0 Å². The van der Waals surface area contributed by atoms with Gasteiger partial charge < -0.3 is 19.5 Å². The number of hydrogen-bond donors (Lipinski definition) is 1. The molecule has 0 aromatic heterocycles. The number of Topliss-reactive ketones (excluding diaryl/α,β-unsaturated/α-hetero) is 1. The van der Waals surface area contributed by atoms with Crippen molar-refractivity contribution in [3.8, 4) is 0 Å². The van der Waals surface area contributed by atoms with E-state index >= 15 is 0 Å². The van der Waals surface area contributed by atoms with Crippen LogP contribution in [0.4, 0.5) is 0 Å². The van der Waals surface area contributed by atoms with Crippen molar-refractivity contribution in [1.29, 1.82) is 0 Å². The van der Waals surface area contributed by atoms with Crippen LogP contribution in [-0.2, 0) is 23.8 Å². The Morgan fingerprint density at radius 1 is 1.11 bits per heavy atom. The fourth-order valence-electron chi connectivity index (χ4n) is 2.83. The third-order valence-corrected chi connectivity index (χ3v) is 4.37. The molecule has 148 valence electrons. The summed E-state index contributed by atoms with van der Waals surface area (Å²) in [6.45, 7) is 6.50.